The van der Waals surface area contributed by atoms with E-state index in [-0.39, 0.29) is 5.92 Å². The van der Waals surface area contributed by atoms with Gasteiger partial charge in [-0.2, -0.15) is 0 Å². The lowest BCUT2D eigenvalue weighted by atomic mass is 9.96. The van der Waals surface area contributed by atoms with E-state index in [0.29, 0.717) is 5.91 Å². The summed E-state index contributed by atoms with van der Waals surface area (Å²) in [7, 11) is 0. The van der Waals surface area contributed by atoms with E-state index in [4.69, 9.17) is 11.6 Å². The number of nitrogens with one attached hydrogen (secondary N) is 1. The quantitative estimate of drug-likeness (QED) is 0.924. The first-order valence-corrected chi connectivity index (χ1v) is 8.56. The molecule has 0 unspecified atom stereocenters. The van der Waals surface area contributed by atoms with Crippen molar-refractivity contribution in [2.45, 2.75) is 19.4 Å². The summed E-state index contributed by atoms with van der Waals surface area (Å²) in [4.78, 5) is 17.0. The molecule has 2 fully saturated rings. The zero-order valence-electron chi connectivity index (χ0n) is 12.9. The normalized spacial score (nSPS) is 21.0. The Balaban J connectivity index is 1.47. The minimum Gasteiger partial charge on any atom is -0.340 e. The molecule has 0 spiro atoms. The Labute approximate surface area is 137 Å². The molecule has 2 heterocycles. The minimum atomic E-state index is 0.240. The molecule has 0 aliphatic carbocycles. The zero-order chi connectivity index (χ0) is 15.4. The van der Waals surface area contributed by atoms with Gasteiger partial charge in [-0.05, 0) is 43.6 Å². The van der Waals surface area contributed by atoms with Gasteiger partial charge in [0.25, 0.3) is 0 Å². The summed E-state index contributed by atoms with van der Waals surface area (Å²) in [5.74, 6) is 0.608. The molecule has 3 rings (SSSR count). The fourth-order valence-corrected chi connectivity index (χ4v) is 3.43. The molecule has 1 aromatic rings. The third kappa shape index (κ3) is 4.00. The Morgan fingerprint density at radius 1 is 1.09 bits per heavy atom. The molecule has 5 heteroatoms. The van der Waals surface area contributed by atoms with Crippen LogP contribution in [0.5, 0.6) is 0 Å². The van der Waals surface area contributed by atoms with Gasteiger partial charge in [0.1, 0.15) is 0 Å². The number of rotatable bonds is 3. The first kappa shape index (κ1) is 15.8. The molecule has 2 saturated heterocycles. The summed E-state index contributed by atoms with van der Waals surface area (Å²) < 4.78 is 0. The molecule has 0 atom stereocenters. The molecule has 0 bridgehead atoms. The number of hydrogen-bond donors (Lipinski definition) is 1. The summed E-state index contributed by atoms with van der Waals surface area (Å²) in [6.07, 6.45) is 1.98. The maximum absolute atomic E-state index is 12.5. The van der Waals surface area contributed by atoms with Gasteiger partial charge in [0.05, 0.1) is 0 Å². The van der Waals surface area contributed by atoms with Gasteiger partial charge in [-0.15, -0.1) is 0 Å². The van der Waals surface area contributed by atoms with E-state index in [1.54, 1.807) is 0 Å². The number of piperazine rings is 1. The number of nitrogens with zero attached hydrogens (tertiary/aromatic N) is 2. The highest BCUT2D eigenvalue weighted by atomic mass is 35.5. The van der Waals surface area contributed by atoms with Crippen molar-refractivity contribution in [2.75, 3.05) is 39.3 Å². The van der Waals surface area contributed by atoms with Crippen molar-refractivity contribution >= 4 is 17.5 Å². The number of hydrogen-bond acceptors (Lipinski definition) is 3. The van der Waals surface area contributed by atoms with E-state index < -0.39 is 0 Å². The van der Waals surface area contributed by atoms with Crippen LogP contribution in [0.1, 0.15) is 18.4 Å². The lowest BCUT2D eigenvalue weighted by Gasteiger charge is -2.37. The van der Waals surface area contributed by atoms with Crippen molar-refractivity contribution in [2.24, 2.45) is 5.92 Å². The van der Waals surface area contributed by atoms with E-state index in [1.807, 2.05) is 12.1 Å². The van der Waals surface area contributed by atoms with Crippen molar-refractivity contribution in [1.82, 2.24) is 15.1 Å². The Morgan fingerprint density at radius 2 is 1.73 bits per heavy atom. The van der Waals surface area contributed by atoms with Crippen molar-refractivity contribution in [3.05, 3.63) is 34.9 Å². The topological polar surface area (TPSA) is 35.6 Å². The third-order valence-corrected chi connectivity index (χ3v) is 4.94. The Bertz CT molecular complexity index is 491. The van der Waals surface area contributed by atoms with Crippen LogP contribution in [0.15, 0.2) is 24.3 Å². The number of piperidine rings is 1. The summed E-state index contributed by atoms with van der Waals surface area (Å²) in [6.45, 7) is 6.53. The van der Waals surface area contributed by atoms with Crippen LogP contribution in [0.2, 0.25) is 5.02 Å². The first-order chi connectivity index (χ1) is 10.7. The maximum atomic E-state index is 12.5. The molecule has 2 aliphatic heterocycles. The van der Waals surface area contributed by atoms with Crippen molar-refractivity contribution in [3.8, 4) is 0 Å². The largest absolute Gasteiger partial charge is 0.340 e. The second kappa shape index (κ2) is 7.44. The van der Waals surface area contributed by atoms with Gasteiger partial charge in [0.15, 0.2) is 0 Å². The van der Waals surface area contributed by atoms with Crippen molar-refractivity contribution in [1.29, 1.82) is 0 Å². The molecule has 1 N–H and O–H groups in total. The van der Waals surface area contributed by atoms with Crippen LogP contribution in [-0.2, 0) is 11.3 Å². The predicted molar refractivity (Wildman–Crippen MR) is 88.9 cm³/mol. The highest BCUT2D eigenvalue weighted by Crippen LogP contribution is 2.17. The molecule has 120 valence electrons. The van der Waals surface area contributed by atoms with E-state index >= 15 is 0 Å². The smallest absolute Gasteiger partial charge is 0.225 e. The second-order valence-corrected chi connectivity index (χ2v) is 6.69. The number of benzene rings is 1. The molecule has 1 amide bonds. The molecular weight excluding hydrogens is 298 g/mol. The Morgan fingerprint density at radius 3 is 2.36 bits per heavy atom. The lowest BCUT2D eigenvalue weighted by molar-refractivity contribution is -0.138. The fourth-order valence-electron chi connectivity index (χ4n) is 3.30. The highest BCUT2D eigenvalue weighted by Gasteiger charge is 2.28. The summed E-state index contributed by atoms with van der Waals surface area (Å²) >= 11 is 5.92. The van der Waals surface area contributed by atoms with Crippen LogP contribution < -0.4 is 5.32 Å². The third-order valence-electron chi connectivity index (χ3n) is 4.69. The monoisotopic (exact) mass is 321 g/mol. The average molecular weight is 322 g/mol. The molecule has 0 saturated carbocycles. The van der Waals surface area contributed by atoms with E-state index in [2.05, 4.69) is 27.2 Å². The molecule has 0 aromatic heterocycles. The molecule has 1 aromatic carbocycles. The van der Waals surface area contributed by atoms with Gasteiger partial charge in [0, 0.05) is 43.7 Å². The van der Waals surface area contributed by atoms with Gasteiger partial charge in [-0.1, -0.05) is 23.7 Å². The zero-order valence-corrected chi connectivity index (χ0v) is 13.7. The van der Waals surface area contributed by atoms with Crippen LogP contribution in [-0.4, -0.2) is 55.0 Å². The van der Waals surface area contributed by atoms with Gasteiger partial charge in [-0.25, -0.2) is 0 Å². The van der Waals surface area contributed by atoms with Crippen LogP contribution >= 0.6 is 11.6 Å². The van der Waals surface area contributed by atoms with E-state index in [9.17, 15) is 4.79 Å². The van der Waals surface area contributed by atoms with Gasteiger partial charge >= 0.3 is 0 Å². The van der Waals surface area contributed by atoms with Crippen LogP contribution in [0.25, 0.3) is 0 Å². The Hall–Kier alpha value is -1.10. The minimum absolute atomic E-state index is 0.240. The molecule has 2 aliphatic rings. The first-order valence-electron chi connectivity index (χ1n) is 8.19. The van der Waals surface area contributed by atoms with Crippen LogP contribution in [0.3, 0.4) is 0 Å². The van der Waals surface area contributed by atoms with Crippen LogP contribution in [0, 0.1) is 5.92 Å². The predicted octanol–water partition coefficient (Wildman–Crippen LogP) is 1.98. The summed E-state index contributed by atoms with van der Waals surface area (Å²) in [5.41, 5.74) is 1.28. The fraction of sp³-hybridized carbons (Fsp3) is 0.588. The van der Waals surface area contributed by atoms with Gasteiger partial charge in [-0.3, -0.25) is 9.69 Å². The van der Waals surface area contributed by atoms with Gasteiger partial charge < -0.3 is 10.2 Å². The van der Waals surface area contributed by atoms with Crippen LogP contribution in [0.4, 0.5) is 0 Å². The van der Waals surface area contributed by atoms with Gasteiger partial charge in [0.2, 0.25) is 5.91 Å². The van der Waals surface area contributed by atoms with E-state index in [0.717, 1.165) is 63.7 Å². The maximum Gasteiger partial charge on any atom is 0.225 e. The molecular formula is C17H24ClN3O. The van der Waals surface area contributed by atoms with Crippen molar-refractivity contribution in [3.63, 3.8) is 0 Å². The lowest BCUT2D eigenvalue weighted by Crippen LogP contribution is -2.51. The molecule has 22 heavy (non-hydrogen) atoms. The van der Waals surface area contributed by atoms with Crippen molar-refractivity contribution < 1.29 is 4.79 Å². The second-order valence-electron chi connectivity index (χ2n) is 6.25. The average Bonchev–Trinajstić information content (AvgIpc) is 2.58. The number of carbonyl (C=O) groups excluding carboxylic acids is 1. The Kier molecular flexibility index (Phi) is 5.34. The SMILES string of the molecule is O=C(C1CCNCC1)N1CCN(Cc2ccc(Cl)cc2)CC1. The molecule has 0 radical (unpaired) electrons. The van der Waals surface area contributed by atoms with E-state index in [1.165, 1.54) is 5.56 Å². The number of halogens is 1. The standard InChI is InChI=1S/C17H24ClN3O/c18-16-3-1-14(2-4-16)13-20-9-11-21(12-10-20)17(22)15-5-7-19-8-6-15/h1-4,15,19H,5-13H2. The number of carbonyl (C=O) groups is 1. The summed E-state index contributed by atoms with van der Waals surface area (Å²) in [5, 5.41) is 4.10. The summed E-state index contributed by atoms with van der Waals surface area (Å²) in [6, 6.07) is 8.03. The highest BCUT2D eigenvalue weighted by molar-refractivity contribution is 6.30. The molecule has 4 nitrogen and oxygen atoms in total. The number of amides is 1.